The number of benzene rings is 1. The predicted molar refractivity (Wildman–Crippen MR) is 65.8 cm³/mol. The maximum Gasteiger partial charge on any atom is 0.0697 e. The van der Waals surface area contributed by atoms with E-state index in [2.05, 4.69) is 34.6 Å². The summed E-state index contributed by atoms with van der Waals surface area (Å²) in [6.45, 7) is 0. The van der Waals surface area contributed by atoms with Gasteiger partial charge >= 0.3 is 0 Å². The lowest BCUT2D eigenvalue weighted by Gasteiger charge is -2.08. The minimum absolute atomic E-state index is 0.143. The van der Waals surface area contributed by atoms with Gasteiger partial charge in [-0.3, -0.25) is 0 Å². The van der Waals surface area contributed by atoms with E-state index in [1.165, 1.54) is 18.4 Å². The van der Waals surface area contributed by atoms with E-state index in [4.69, 9.17) is 5.73 Å². The van der Waals surface area contributed by atoms with E-state index >= 15 is 0 Å². The summed E-state index contributed by atoms with van der Waals surface area (Å²) in [6, 6.07) is 8.42. The van der Waals surface area contributed by atoms with E-state index in [0.717, 1.165) is 18.5 Å². The van der Waals surface area contributed by atoms with E-state index < -0.39 is 0 Å². The number of hydrogen-bond donors (Lipinski definition) is 1. The highest BCUT2D eigenvalue weighted by Gasteiger charge is 2.37. The van der Waals surface area contributed by atoms with Crippen LogP contribution in [-0.2, 0) is 6.42 Å². The molecule has 1 saturated carbocycles. The first-order valence-electron chi connectivity index (χ1n) is 6.00. The van der Waals surface area contributed by atoms with Crippen molar-refractivity contribution in [2.24, 2.45) is 5.73 Å². The van der Waals surface area contributed by atoms with Gasteiger partial charge in [-0.2, -0.15) is 0 Å². The molecule has 1 fully saturated rings. The lowest BCUT2D eigenvalue weighted by molar-refractivity contribution is 0.609. The third kappa shape index (κ3) is 2.36. The summed E-state index contributed by atoms with van der Waals surface area (Å²) in [4.78, 5) is 0. The highest BCUT2D eigenvalue weighted by atomic mass is 15.4. The summed E-state index contributed by atoms with van der Waals surface area (Å²) in [5.41, 5.74) is 8.60. The molecule has 3 rings (SSSR count). The van der Waals surface area contributed by atoms with Crippen molar-refractivity contribution in [1.82, 2.24) is 15.0 Å². The van der Waals surface area contributed by atoms with Gasteiger partial charge in [-0.15, -0.1) is 5.10 Å². The average Bonchev–Trinajstić information content (AvgIpc) is 2.89. The Morgan fingerprint density at radius 1 is 1.24 bits per heavy atom. The van der Waals surface area contributed by atoms with Crippen LogP contribution in [0.5, 0.6) is 0 Å². The highest BCUT2D eigenvalue weighted by molar-refractivity contribution is 5.33. The summed E-state index contributed by atoms with van der Waals surface area (Å²) in [6.07, 6.45) is 8.05. The molecular weight excluding hydrogens is 212 g/mol. The molecule has 4 heteroatoms. The van der Waals surface area contributed by atoms with Gasteiger partial charge in [-0.05, 0) is 43.4 Å². The Balaban J connectivity index is 1.67. The van der Waals surface area contributed by atoms with Gasteiger partial charge in [0.15, 0.2) is 0 Å². The number of aryl methyl sites for hydroxylation is 1. The molecule has 88 valence electrons. The summed E-state index contributed by atoms with van der Waals surface area (Å²) < 4.78 is 1.76. The van der Waals surface area contributed by atoms with E-state index in [0.29, 0.717) is 0 Å². The normalized spacial score (nSPS) is 17.0. The van der Waals surface area contributed by atoms with Gasteiger partial charge in [-0.25, -0.2) is 4.68 Å². The van der Waals surface area contributed by atoms with Crippen LogP contribution in [0.25, 0.3) is 5.69 Å². The first-order chi connectivity index (χ1) is 8.25. The van der Waals surface area contributed by atoms with Gasteiger partial charge in [0.25, 0.3) is 0 Å². The summed E-state index contributed by atoms with van der Waals surface area (Å²) in [5, 5.41) is 7.75. The second kappa shape index (κ2) is 3.96. The molecule has 0 spiro atoms. The third-order valence-corrected chi connectivity index (χ3v) is 3.43. The first-order valence-corrected chi connectivity index (χ1v) is 6.00. The molecule has 0 aliphatic heterocycles. The molecule has 1 aromatic carbocycles. The van der Waals surface area contributed by atoms with Crippen LogP contribution < -0.4 is 5.73 Å². The van der Waals surface area contributed by atoms with Crippen molar-refractivity contribution >= 4 is 0 Å². The molecule has 0 radical (unpaired) electrons. The average molecular weight is 228 g/mol. The maximum absolute atomic E-state index is 6.08. The Morgan fingerprint density at radius 2 is 2.00 bits per heavy atom. The first kappa shape index (κ1) is 10.5. The molecule has 1 aromatic heterocycles. The fraction of sp³-hybridized carbons (Fsp3) is 0.385. The fourth-order valence-corrected chi connectivity index (χ4v) is 1.97. The van der Waals surface area contributed by atoms with Crippen molar-refractivity contribution < 1.29 is 0 Å². The van der Waals surface area contributed by atoms with E-state index in [1.54, 1.807) is 10.9 Å². The third-order valence-electron chi connectivity index (χ3n) is 3.43. The molecule has 2 N–H and O–H groups in total. The number of hydrogen-bond acceptors (Lipinski definition) is 3. The lowest BCUT2D eigenvalue weighted by atomic mass is 10.0. The van der Waals surface area contributed by atoms with Crippen molar-refractivity contribution in [3.63, 3.8) is 0 Å². The molecule has 2 aromatic rings. The Bertz CT molecular complexity index is 483. The molecule has 0 atom stereocenters. The minimum atomic E-state index is 0.143. The predicted octanol–water partition coefficient (Wildman–Crippen LogP) is 1.69. The quantitative estimate of drug-likeness (QED) is 0.866. The zero-order valence-corrected chi connectivity index (χ0v) is 9.71. The topological polar surface area (TPSA) is 56.7 Å². The summed E-state index contributed by atoms with van der Waals surface area (Å²) in [7, 11) is 0. The zero-order chi connectivity index (χ0) is 11.7. The lowest BCUT2D eigenvalue weighted by Crippen LogP contribution is -2.22. The van der Waals surface area contributed by atoms with Gasteiger partial charge in [0, 0.05) is 5.54 Å². The monoisotopic (exact) mass is 228 g/mol. The molecular formula is C13H16N4. The van der Waals surface area contributed by atoms with Crippen molar-refractivity contribution in [2.75, 3.05) is 0 Å². The van der Waals surface area contributed by atoms with Gasteiger partial charge in [0.2, 0.25) is 0 Å². The van der Waals surface area contributed by atoms with E-state index in [1.807, 2.05) is 6.20 Å². The zero-order valence-electron chi connectivity index (χ0n) is 9.71. The van der Waals surface area contributed by atoms with Gasteiger partial charge < -0.3 is 5.73 Å². The van der Waals surface area contributed by atoms with E-state index in [9.17, 15) is 0 Å². The Labute approximate surface area is 100 Å². The van der Waals surface area contributed by atoms with Crippen LogP contribution >= 0.6 is 0 Å². The number of aromatic nitrogens is 3. The van der Waals surface area contributed by atoms with Crippen LogP contribution in [0.3, 0.4) is 0 Å². The second-order valence-corrected chi connectivity index (χ2v) is 4.88. The standard InChI is InChI=1S/C13H16N4/c14-13(7-8-13)6-5-11-1-3-12(4-2-11)17-10-9-15-16-17/h1-4,9-10H,5-8,14H2. The van der Waals surface area contributed by atoms with Gasteiger partial charge in [0.1, 0.15) is 0 Å². The van der Waals surface area contributed by atoms with Crippen molar-refractivity contribution in [3.8, 4) is 5.69 Å². The molecule has 0 bridgehead atoms. The van der Waals surface area contributed by atoms with Crippen molar-refractivity contribution in [3.05, 3.63) is 42.2 Å². The van der Waals surface area contributed by atoms with Crippen LogP contribution in [0.15, 0.2) is 36.7 Å². The van der Waals surface area contributed by atoms with Crippen molar-refractivity contribution in [2.45, 2.75) is 31.2 Å². The molecule has 1 heterocycles. The molecule has 1 aliphatic carbocycles. The van der Waals surface area contributed by atoms with Gasteiger partial charge in [0.05, 0.1) is 18.1 Å². The Hall–Kier alpha value is -1.68. The van der Waals surface area contributed by atoms with Crippen LogP contribution in [0.1, 0.15) is 24.8 Å². The maximum atomic E-state index is 6.08. The number of nitrogens with zero attached hydrogens (tertiary/aromatic N) is 3. The molecule has 0 unspecified atom stereocenters. The largest absolute Gasteiger partial charge is 0.325 e. The minimum Gasteiger partial charge on any atom is -0.325 e. The number of nitrogens with two attached hydrogens (primary N) is 1. The molecule has 0 amide bonds. The smallest absolute Gasteiger partial charge is 0.0697 e. The molecule has 0 saturated heterocycles. The van der Waals surface area contributed by atoms with Crippen LogP contribution in [0.4, 0.5) is 0 Å². The molecule has 4 nitrogen and oxygen atoms in total. The molecule has 17 heavy (non-hydrogen) atoms. The summed E-state index contributed by atoms with van der Waals surface area (Å²) in [5.74, 6) is 0. The van der Waals surface area contributed by atoms with Gasteiger partial charge in [-0.1, -0.05) is 17.3 Å². The van der Waals surface area contributed by atoms with Crippen LogP contribution in [0.2, 0.25) is 0 Å². The highest BCUT2D eigenvalue weighted by Crippen LogP contribution is 2.36. The second-order valence-electron chi connectivity index (χ2n) is 4.88. The SMILES string of the molecule is NC1(CCc2ccc(-n3ccnn3)cc2)CC1. The van der Waals surface area contributed by atoms with E-state index in [-0.39, 0.29) is 5.54 Å². The molecule has 1 aliphatic rings. The fourth-order valence-electron chi connectivity index (χ4n) is 1.97. The van der Waals surface area contributed by atoms with Crippen molar-refractivity contribution in [1.29, 1.82) is 0 Å². The summed E-state index contributed by atoms with van der Waals surface area (Å²) >= 11 is 0. The Kier molecular flexibility index (Phi) is 2.44. The Morgan fingerprint density at radius 3 is 2.59 bits per heavy atom. The van der Waals surface area contributed by atoms with Crippen LogP contribution in [-0.4, -0.2) is 20.5 Å². The van der Waals surface area contributed by atoms with Crippen LogP contribution in [0, 0.1) is 0 Å². The number of rotatable bonds is 4.